The van der Waals surface area contributed by atoms with Crippen LogP contribution in [0, 0.1) is 5.92 Å². The van der Waals surface area contributed by atoms with Crippen molar-refractivity contribution in [1.82, 2.24) is 10.3 Å². The Hall–Kier alpha value is -2.53. The van der Waals surface area contributed by atoms with E-state index in [4.69, 9.17) is 5.11 Å². The van der Waals surface area contributed by atoms with Crippen molar-refractivity contribution in [2.24, 2.45) is 5.92 Å². The summed E-state index contributed by atoms with van der Waals surface area (Å²) < 4.78 is 0. The van der Waals surface area contributed by atoms with E-state index in [2.05, 4.69) is 10.3 Å². The number of carboxylic acids is 1. The van der Waals surface area contributed by atoms with Gasteiger partial charge in [0.1, 0.15) is 0 Å². The maximum absolute atomic E-state index is 12.7. The topological polar surface area (TPSA) is 79.3 Å². The molecule has 2 N–H and O–H groups in total. The Morgan fingerprint density at radius 1 is 1.18 bits per heavy atom. The summed E-state index contributed by atoms with van der Waals surface area (Å²) in [5, 5.41) is 12.1. The van der Waals surface area contributed by atoms with Gasteiger partial charge in [-0.3, -0.25) is 9.78 Å². The van der Waals surface area contributed by atoms with Crippen LogP contribution in [0.2, 0.25) is 0 Å². The van der Waals surface area contributed by atoms with Gasteiger partial charge in [-0.1, -0.05) is 24.3 Å². The lowest BCUT2D eigenvalue weighted by molar-refractivity contribution is 0.0696. The van der Waals surface area contributed by atoms with Crippen molar-refractivity contribution in [2.75, 3.05) is 13.1 Å². The molecule has 3 rings (SSSR count). The third-order valence-electron chi connectivity index (χ3n) is 3.91. The Morgan fingerprint density at radius 2 is 2.00 bits per heavy atom. The van der Waals surface area contributed by atoms with Gasteiger partial charge in [-0.15, -0.1) is 0 Å². The molecule has 5 nitrogen and oxygen atoms in total. The molecule has 0 aliphatic carbocycles. The lowest BCUT2D eigenvalue weighted by atomic mass is 9.92. The molecule has 0 radical (unpaired) electrons. The van der Waals surface area contributed by atoms with Crippen LogP contribution in [0.3, 0.4) is 0 Å². The molecule has 1 fully saturated rings. The zero-order chi connectivity index (χ0) is 15.5. The molecular formula is C17H16N2O3. The number of carbonyl (C=O) groups is 2. The number of hydrogen-bond donors (Lipinski definition) is 2. The van der Waals surface area contributed by atoms with Crippen molar-refractivity contribution in [3.05, 3.63) is 53.7 Å². The molecule has 5 heteroatoms. The van der Waals surface area contributed by atoms with Crippen LogP contribution in [-0.4, -0.2) is 34.9 Å². The van der Waals surface area contributed by atoms with E-state index in [1.54, 1.807) is 6.07 Å². The van der Waals surface area contributed by atoms with Gasteiger partial charge >= 0.3 is 5.97 Å². The maximum atomic E-state index is 12.7. The lowest BCUT2D eigenvalue weighted by Crippen LogP contribution is -2.18. The van der Waals surface area contributed by atoms with Crippen LogP contribution in [0.4, 0.5) is 0 Å². The van der Waals surface area contributed by atoms with E-state index < -0.39 is 5.97 Å². The second-order valence-corrected chi connectivity index (χ2v) is 5.34. The first-order valence-electron chi connectivity index (χ1n) is 7.20. The van der Waals surface area contributed by atoms with E-state index in [-0.39, 0.29) is 17.3 Å². The number of carboxylic acid groups (broad SMARTS) is 1. The molecule has 1 aromatic carbocycles. The van der Waals surface area contributed by atoms with Crippen molar-refractivity contribution in [3.8, 4) is 11.3 Å². The first-order valence-corrected chi connectivity index (χ1v) is 7.20. The zero-order valence-corrected chi connectivity index (χ0v) is 12.0. The zero-order valence-electron chi connectivity index (χ0n) is 12.0. The molecule has 1 aliphatic rings. The minimum Gasteiger partial charge on any atom is -0.478 e. The largest absolute Gasteiger partial charge is 0.478 e. The summed E-state index contributed by atoms with van der Waals surface area (Å²) in [6, 6.07) is 10.5. The number of hydrogen-bond acceptors (Lipinski definition) is 4. The highest BCUT2D eigenvalue weighted by Gasteiger charge is 2.25. The van der Waals surface area contributed by atoms with E-state index in [1.165, 1.54) is 12.3 Å². The van der Waals surface area contributed by atoms with Gasteiger partial charge in [0, 0.05) is 29.8 Å². The highest BCUT2D eigenvalue weighted by molar-refractivity contribution is 6.03. The van der Waals surface area contributed by atoms with Gasteiger partial charge in [-0.25, -0.2) is 4.79 Å². The molecule has 1 saturated heterocycles. The van der Waals surface area contributed by atoms with Crippen molar-refractivity contribution in [2.45, 2.75) is 6.42 Å². The minimum absolute atomic E-state index is 0.000516. The van der Waals surface area contributed by atoms with Crippen LogP contribution in [0.15, 0.2) is 42.6 Å². The number of nitrogens with zero attached hydrogens (tertiary/aromatic N) is 1. The van der Waals surface area contributed by atoms with Gasteiger partial charge in [-0.2, -0.15) is 0 Å². The summed E-state index contributed by atoms with van der Waals surface area (Å²) in [6.45, 7) is 1.57. The molecule has 1 aliphatic heterocycles. The lowest BCUT2D eigenvalue weighted by Gasteiger charge is -2.12. The van der Waals surface area contributed by atoms with Crippen LogP contribution < -0.4 is 5.32 Å². The SMILES string of the molecule is O=C(O)c1ccc(-c2ccccc2C(=O)C2CCNC2)nc1. The Bertz CT molecular complexity index is 704. The molecule has 0 bridgehead atoms. The number of pyridine rings is 1. The van der Waals surface area contributed by atoms with Crippen LogP contribution in [-0.2, 0) is 0 Å². The first-order chi connectivity index (χ1) is 10.7. The average molecular weight is 296 g/mol. The Kier molecular flexibility index (Phi) is 3.98. The molecule has 112 valence electrons. The Balaban J connectivity index is 1.96. The van der Waals surface area contributed by atoms with Crippen LogP contribution >= 0.6 is 0 Å². The molecule has 1 atom stereocenters. The Morgan fingerprint density at radius 3 is 2.64 bits per heavy atom. The number of benzene rings is 1. The van der Waals surface area contributed by atoms with Crippen molar-refractivity contribution in [3.63, 3.8) is 0 Å². The summed E-state index contributed by atoms with van der Waals surface area (Å²) in [7, 11) is 0. The molecule has 1 aromatic heterocycles. The fourth-order valence-electron chi connectivity index (χ4n) is 2.70. The first kappa shape index (κ1) is 14.4. The number of nitrogens with one attached hydrogen (secondary N) is 1. The van der Waals surface area contributed by atoms with E-state index in [0.29, 0.717) is 17.8 Å². The molecule has 2 aromatic rings. The molecule has 0 spiro atoms. The maximum Gasteiger partial charge on any atom is 0.337 e. The van der Waals surface area contributed by atoms with E-state index in [1.807, 2.05) is 24.3 Å². The smallest absolute Gasteiger partial charge is 0.337 e. The minimum atomic E-state index is -1.01. The number of ketones is 1. The highest BCUT2D eigenvalue weighted by Crippen LogP contribution is 2.26. The fourth-order valence-corrected chi connectivity index (χ4v) is 2.70. The molecule has 22 heavy (non-hydrogen) atoms. The van der Waals surface area contributed by atoms with Crippen LogP contribution in [0.25, 0.3) is 11.3 Å². The van der Waals surface area contributed by atoms with Crippen LogP contribution in [0.1, 0.15) is 27.1 Å². The van der Waals surface area contributed by atoms with Crippen molar-refractivity contribution < 1.29 is 14.7 Å². The van der Waals surface area contributed by atoms with E-state index in [0.717, 1.165) is 18.5 Å². The standard InChI is InChI=1S/C17H16N2O3/c20-16(11-7-8-18-9-11)14-4-2-1-3-13(14)15-6-5-12(10-19-15)17(21)22/h1-6,10-11,18H,7-9H2,(H,21,22). The highest BCUT2D eigenvalue weighted by atomic mass is 16.4. The predicted octanol–water partition coefficient (Wildman–Crippen LogP) is 2.24. The molecule has 2 heterocycles. The van der Waals surface area contributed by atoms with Gasteiger partial charge in [0.05, 0.1) is 11.3 Å². The van der Waals surface area contributed by atoms with Gasteiger partial charge in [0.15, 0.2) is 5.78 Å². The summed E-state index contributed by atoms with van der Waals surface area (Å²) in [5.41, 5.74) is 2.13. The number of rotatable bonds is 4. The Labute approximate surface area is 128 Å². The normalized spacial score (nSPS) is 17.4. The average Bonchev–Trinajstić information content (AvgIpc) is 3.09. The van der Waals surface area contributed by atoms with Gasteiger partial charge < -0.3 is 10.4 Å². The summed E-state index contributed by atoms with van der Waals surface area (Å²) in [6.07, 6.45) is 2.16. The summed E-state index contributed by atoms with van der Waals surface area (Å²) >= 11 is 0. The number of Topliss-reactive ketones (excluding diaryl/α,β-unsaturated/α-hetero) is 1. The second-order valence-electron chi connectivity index (χ2n) is 5.34. The molecule has 0 amide bonds. The third-order valence-corrected chi connectivity index (χ3v) is 3.91. The molecule has 0 saturated carbocycles. The van der Waals surface area contributed by atoms with E-state index in [9.17, 15) is 9.59 Å². The van der Waals surface area contributed by atoms with Gasteiger partial charge in [0.25, 0.3) is 0 Å². The number of carbonyl (C=O) groups excluding carboxylic acids is 1. The van der Waals surface area contributed by atoms with Crippen molar-refractivity contribution >= 4 is 11.8 Å². The molecule has 1 unspecified atom stereocenters. The quantitative estimate of drug-likeness (QED) is 0.846. The number of aromatic carboxylic acids is 1. The second kappa shape index (κ2) is 6.07. The van der Waals surface area contributed by atoms with E-state index >= 15 is 0 Å². The van der Waals surface area contributed by atoms with Gasteiger partial charge in [0.2, 0.25) is 0 Å². The van der Waals surface area contributed by atoms with Crippen LogP contribution in [0.5, 0.6) is 0 Å². The summed E-state index contributed by atoms with van der Waals surface area (Å²) in [4.78, 5) is 27.7. The number of aromatic nitrogens is 1. The third kappa shape index (κ3) is 2.76. The van der Waals surface area contributed by atoms with Crippen molar-refractivity contribution in [1.29, 1.82) is 0 Å². The predicted molar refractivity (Wildman–Crippen MR) is 81.9 cm³/mol. The fraction of sp³-hybridized carbons (Fsp3) is 0.235. The molecular weight excluding hydrogens is 280 g/mol. The van der Waals surface area contributed by atoms with Gasteiger partial charge in [-0.05, 0) is 25.1 Å². The monoisotopic (exact) mass is 296 g/mol. The summed E-state index contributed by atoms with van der Waals surface area (Å²) in [5.74, 6) is -0.899.